The minimum Gasteiger partial charge on any atom is -0.467 e. The molecule has 4 aromatic carbocycles. The number of hydrogen-bond acceptors (Lipinski definition) is 8. The lowest BCUT2D eigenvalue weighted by atomic mass is 10.1. The lowest BCUT2D eigenvalue weighted by molar-refractivity contribution is -0.152. The summed E-state index contributed by atoms with van der Waals surface area (Å²) in [4.78, 5) is 34.5. The third kappa shape index (κ3) is 12.7. The zero-order valence-electron chi connectivity index (χ0n) is 25.1. The Hall–Kier alpha value is -4.66. The fourth-order valence-electron chi connectivity index (χ4n) is 3.50. The summed E-state index contributed by atoms with van der Waals surface area (Å²) in [6.45, 7) is 4.11. The van der Waals surface area contributed by atoms with Crippen LogP contribution in [0.2, 0.25) is 0 Å². The molecule has 9 heteroatoms. The van der Waals surface area contributed by atoms with Crippen LogP contribution in [0.4, 0.5) is 4.79 Å². The average molecular weight is 621 g/mol. The molecule has 0 radical (unpaired) electrons. The summed E-state index contributed by atoms with van der Waals surface area (Å²) >= 11 is 5.58. The van der Waals surface area contributed by atoms with E-state index in [4.69, 9.17) is 21.1 Å². The number of ether oxygens (including phenoxy) is 4. The summed E-state index contributed by atoms with van der Waals surface area (Å²) in [7, 11) is 2.48. The normalized spacial score (nSPS) is 11.2. The number of carbonyl (C=O) groups excluding carboxylic acids is 3. The highest BCUT2D eigenvalue weighted by Crippen LogP contribution is 2.20. The smallest absolute Gasteiger partial charge is 0.467 e. The molecule has 0 fully saturated rings. The maximum atomic E-state index is 11.8. The number of rotatable bonds is 8. The molecule has 0 amide bonds. The van der Waals surface area contributed by atoms with E-state index in [0.717, 1.165) is 11.1 Å². The quantitative estimate of drug-likeness (QED) is 0.125. The van der Waals surface area contributed by atoms with E-state index in [1.54, 1.807) is 54.6 Å². The van der Waals surface area contributed by atoms with Gasteiger partial charge in [0.25, 0.3) is 0 Å². The van der Waals surface area contributed by atoms with Crippen LogP contribution in [-0.2, 0) is 41.0 Å². The van der Waals surface area contributed by atoms with Crippen molar-refractivity contribution in [3.05, 3.63) is 143 Å². The van der Waals surface area contributed by atoms with Crippen LogP contribution >= 0.6 is 11.6 Å². The standard InChI is InChI=1S/C18H18O5.C9H10O3.C8H9Cl/c1-13-8-10-14(11-9-13)12-22-18(20)23-16(17(19)21-2)15-6-4-3-5-7-15;1-12-9(11)8(10)7-5-3-2-4-6-7;1-7-2-4-8(6-9)5-3-7/h3-11,16H,12H2,1-2H3;2-6,8,10H,1H3;2-5H,6H2,1H3. The van der Waals surface area contributed by atoms with Crippen LogP contribution in [0.25, 0.3) is 0 Å². The summed E-state index contributed by atoms with van der Waals surface area (Å²) in [6.07, 6.45) is -3.24. The topological polar surface area (TPSA) is 108 Å². The van der Waals surface area contributed by atoms with Crippen molar-refractivity contribution in [2.75, 3.05) is 14.2 Å². The third-order valence-corrected chi connectivity index (χ3v) is 6.33. The second-order valence-electron chi connectivity index (χ2n) is 9.41. The molecule has 0 aliphatic heterocycles. The Morgan fingerprint density at radius 1 is 0.659 bits per heavy atom. The first kappa shape index (κ1) is 35.5. The lowest BCUT2D eigenvalue weighted by Crippen LogP contribution is -2.21. The Morgan fingerprint density at radius 2 is 1.11 bits per heavy atom. The number of hydrogen-bond donors (Lipinski definition) is 1. The van der Waals surface area contributed by atoms with E-state index in [1.165, 1.54) is 25.3 Å². The third-order valence-electron chi connectivity index (χ3n) is 6.02. The molecule has 4 rings (SSSR count). The molecule has 232 valence electrons. The first-order chi connectivity index (χ1) is 21.2. The number of aliphatic hydroxyl groups is 1. The van der Waals surface area contributed by atoms with Gasteiger partial charge in [-0.2, -0.15) is 0 Å². The summed E-state index contributed by atoms with van der Waals surface area (Å²) in [5.41, 5.74) is 5.48. The van der Waals surface area contributed by atoms with Gasteiger partial charge < -0.3 is 24.1 Å². The monoisotopic (exact) mass is 620 g/mol. The number of benzene rings is 4. The maximum absolute atomic E-state index is 11.8. The number of alkyl halides is 1. The predicted octanol–water partition coefficient (Wildman–Crippen LogP) is 7.19. The molecular formula is C35H37ClO8. The van der Waals surface area contributed by atoms with Crippen LogP contribution in [0.1, 0.15) is 45.6 Å². The van der Waals surface area contributed by atoms with Gasteiger partial charge in [0.05, 0.1) is 14.2 Å². The molecule has 2 atom stereocenters. The van der Waals surface area contributed by atoms with Crippen LogP contribution < -0.4 is 0 Å². The summed E-state index contributed by atoms with van der Waals surface area (Å²) in [5.74, 6) is -0.690. The van der Waals surface area contributed by atoms with E-state index in [2.05, 4.69) is 28.5 Å². The van der Waals surface area contributed by atoms with Crippen molar-refractivity contribution in [1.29, 1.82) is 0 Å². The van der Waals surface area contributed by atoms with Gasteiger partial charge in [0.15, 0.2) is 6.10 Å². The van der Waals surface area contributed by atoms with Crippen LogP contribution in [0.15, 0.2) is 109 Å². The average Bonchev–Trinajstić information content (AvgIpc) is 3.07. The molecule has 2 unspecified atom stereocenters. The minimum atomic E-state index is -1.17. The van der Waals surface area contributed by atoms with Crippen molar-refractivity contribution in [2.45, 2.75) is 38.5 Å². The number of carbonyl (C=O) groups is 3. The molecule has 4 aromatic rings. The number of halogens is 1. The Kier molecular flexibility index (Phi) is 15.8. The van der Waals surface area contributed by atoms with Crippen molar-refractivity contribution < 1.29 is 38.4 Å². The minimum absolute atomic E-state index is 0.0712. The summed E-state index contributed by atoms with van der Waals surface area (Å²) in [6, 6.07) is 33.1. The van der Waals surface area contributed by atoms with Crippen molar-refractivity contribution in [2.24, 2.45) is 0 Å². The van der Waals surface area contributed by atoms with Gasteiger partial charge in [-0.15, -0.1) is 11.6 Å². The van der Waals surface area contributed by atoms with Gasteiger partial charge in [0.2, 0.25) is 6.10 Å². The van der Waals surface area contributed by atoms with Gasteiger partial charge in [-0.3, -0.25) is 0 Å². The fraction of sp³-hybridized carbons (Fsp3) is 0.229. The van der Waals surface area contributed by atoms with Gasteiger partial charge in [-0.1, -0.05) is 120 Å². The van der Waals surface area contributed by atoms with Gasteiger partial charge in [0.1, 0.15) is 6.61 Å². The Balaban J connectivity index is 0.000000266. The fourth-order valence-corrected chi connectivity index (χ4v) is 3.68. The van der Waals surface area contributed by atoms with E-state index in [-0.39, 0.29) is 6.61 Å². The highest BCUT2D eigenvalue weighted by molar-refractivity contribution is 6.17. The van der Waals surface area contributed by atoms with Crippen LogP contribution in [0, 0.1) is 13.8 Å². The first-order valence-corrected chi connectivity index (χ1v) is 14.2. The second kappa shape index (κ2) is 19.5. The molecule has 0 bridgehead atoms. The largest absolute Gasteiger partial charge is 0.509 e. The maximum Gasteiger partial charge on any atom is 0.509 e. The number of aryl methyl sites for hydroxylation is 2. The van der Waals surface area contributed by atoms with Crippen molar-refractivity contribution in [3.8, 4) is 0 Å². The molecular weight excluding hydrogens is 584 g/mol. The molecule has 1 N–H and O–H groups in total. The molecule has 0 spiro atoms. The van der Waals surface area contributed by atoms with Crippen molar-refractivity contribution >= 4 is 29.7 Å². The van der Waals surface area contributed by atoms with Crippen LogP contribution in [0.5, 0.6) is 0 Å². The number of aliphatic hydroxyl groups excluding tert-OH is 1. The van der Waals surface area contributed by atoms with Crippen LogP contribution in [0.3, 0.4) is 0 Å². The Labute approximate surface area is 263 Å². The van der Waals surface area contributed by atoms with Gasteiger partial charge in [-0.05, 0) is 30.5 Å². The molecule has 0 aromatic heterocycles. The van der Waals surface area contributed by atoms with E-state index in [0.29, 0.717) is 17.0 Å². The zero-order valence-corrected chi connectivity index (χ0v) is 25.9. The highest BCUT2D eigenvalue weighted by atomic mass is 35.5. The lowest BCUT2D eigenvalue weighted by Gasteiger charge is -2.15. The Bertz CT molecular complexity index is 1410. The van der Waals surface area contributed by atoms with E-state index < -0.39 is 30.3 Å². The van der Waals surface area contributed by atoms with Gasteiger partial charge in [0, 0.05) is 11.4 Å². The van der Waals surface area contributed by atoms with Gasteiger partial charge >= 0.3 is 18.1 Å². The molecule has 0 heterocycles. The summed E-state index contributed by atoms with van der Waals surface area (Å²) in [5, 5.41) is 9.31. The number of esters is 2. The molecule has 0 aliphatic carbocycles. The van der Waals surface area contributed by atoms with Crippen LogP contribution in [-0.4, -0.2) is 37.4 Å². The van der Waals surface area contributed by atoms with E-state index >= 15 is 0 Å². The van der Waals surface area contributed by atoms with Crippen molar-refractivity contribution in [3.63, 3.8) is 0 Å². The highest BCUT2D eigenvalue weighted by Gasteiger charge is 2.26. The van der Waals surface area contributed by atoms with Gasteiger partial charge in [-0.25, -0.2) is 14.4 Å². The SMILES string of the molecule is COC(=O)C(O)c1ccccc1.COC(=O)C(OC(=O)OCc1ccc(C)cc1)c1ccccc1.Cc1ccc(CCl)cc1. The second-order valence-corrected chi connectivity index (χ2v) is 9.68. The number of methoxy groups -OCH3 is 2. The molecule has 0 saturated carbocycles. The molecule has 8 nitrogen and oxygen atoms in total. The van der Waals surface area contributed by atoms with E-state index in [9.17, 15) is 19.5 Å². The predicted molar refractivity (Wildman–Crippen MR) is 168 cm³/mol. The summed E-state index contributed by atoms with van der Waals surface area (Å²) < 4.78 is 19.2. The molecule has 0 saturated heterocycles. The zero-order chi connectivity index (χ0) is 32.3. The Morgan fingerprint density at radius 3 is 1.57 bits per heavy atom. The van der Waals surface area contributed by atoms with E-state index in [1.807, 2.05) is 49.4 Å². The molecule has 0 aliphatic rings. The molecule has 44 heavy (non-hydrogen) atoms. The first-order valence-electron chi connectivity index (χ1n) is 13.6. The van der Waals surface area contributed by atoms with Crippen molar-refractivity contribution in [1.82, 2.24) is 0 Å².